The van der Waals surface area contributed by atoms with Crippen molar-refractivity contribution in [3.05, 3.63) is 114 Å². The summed E-state index contributed by atoms with van der Waals surface area (Å²) in [5.74, 6) is 0.0558. The smallest absolute Gasteiger partial charge is 0.241 e. The number of carbonyl (C=O) groups is 1. The average molecular weight is 561 g/mol. The van der Waals surface area contributed by atoms with Crippen LogP contribution in [0.2, 0.25) is 0 Å². The lowest BCUT2D eigenvalue weighted by Crippen LogP contribution is -2.36. The van der Waals surface area contributed by atoms with Crippen LogP contribution in [0, 0.1) is 5.82 Å². The first-order valence-corrected chi connectivity index (χ1v) is 14.7. The Morgan fingerprint density at radius 1 is 1.10 bits per heavy atom. The minimum atomic E-state index is -3.94. The Kier molecular flexibility index (Phi) is 7.61. The number of aromatic nitrogens is 2. The molecule has 9 heteroatoms. The van der Waals surface area contributed by atoms with Crippen molar-refractivity contribution in [2.75, 3.05) is 4.90 Å². The monoisotopic (exact) mass is 560 g/mol. The summed E-state index contributed by atoms with van der Waals surface area (Å²) in [4.78, 5) is 20.0. The van der Waals surface area contributed by atoms with Crippen molar-refractivity contribution < 1.29 is 17.6 Å². The molecule has 1 heterocycles. The summed E-state index contributed by atoms with van der Waals surface area (Å²) in [6.45, 7) is 4.38. The molecule has 5 rings (SSSR count). The second kappa shape index (κ2) is 11.0. The molecular formula is C31H33FN4O3S. The summed E-state index contributed by atoms with van der Waals surface area (Å²) in [6, 6.07) is 20.2. The zero-order valence-corrected chi connectivity index (χ0v) is 23.7. The van der Waals surface area contributed by atoms with Gasteiger partial charge in [-0.05, 0) is 65.3 Å². The van der Waals surface area contributed by atoms with Crippen LogP contribution in [0.4, 0.5) is 10.1 Å². The van der Waals surface area contributed by atoms with Crippen molar-refractivity contribution in [2.24, 2.45) is 7.05 Å². The number of sulfonamides is 1. The Morgan fingerprint density at radius 3 is 2.58 bits per heavy atom. The fourth-order valence-corrected chi connectivity index (χ4v) is 6.53. The molecule has 1 aliphatic rings. The molecule has 1 aromatic heterocycles. The third-order valence-electron chi connectivity index (χ3n) is 7.59. The van der Waals surface area contributed by atoms with E-state index in [2.05, 4.69) is 23.6 Å². The highest BCUT2D eigenvalue weighted by Gasteiger charge is 2.31. The van der Waals surface area contributed by atoms with E-state index in [0.29, 0.717) is 18.5 Å². The number of rotatable bonds is 9. The van der Waals surface area contributed by atoms with Gasteiger partial charge in [-0.3, -0.25) is 4.79 Å². The van der Waals surface area contributed by atoms with E-state index in [-0.39, 0.29) is 23.8 Å². The summed E-state index contributed by atoms with van der Waals surface area (Å²) in [5.41, 5.74) is 3.17. The van der Waals surface area contributed by atoms with Crippen molar-refractivity contribution in [2.45, 2.75) is 56.0 Å². The van der Waals surface area contributed by atoms with Crippen molar-refractivity contribution in [1.29, 1.82) is 0 Å². The normalized spacial score (nSPS) is 15.2. The van der Waals surface area contributed by atoms with Crippen LogP contribution in [-0.4, -0.2) is 23.9 Å². The van der Waals surface area contributed by atoms with E-state index in [9.17, 15) is 17.6 Å². The molecule has 4 aromatic rings. The third-order valence-corrected chi connectivity index (χ3v) is 9.06. The summed E-state index contributed by atoms with van der Waals surface area (Å²) in [5, 5.41) is 0. The van der Waals surface area contributed by atoms with Gasteiger partial charge in [0, 0.05) is 37.6 Å². The van der Waals surface area contributed by atoms with Crippen molar-refractivity contribution in [1.82, 2.24) is 14.3 Å². The zero-order valence-electron chi connectivity index (χ0n) is 22.8. The van der Waals surface area contributed by atoms with Crippen LogP contribution in [0.1, 0.15) is 55.2 Å². The maximum Gasteiger partial charge on any atom is 0.241 e. The Balaban J connectivity index is 1.46. The quantitative estimate of drug-likeness (QED) is 0.296. The molecule has 0 fully saturated rings. The number of fused-ring (bicyclic) bond motifs is 1. The number of halogens is 1. The van der Waals surface area contributed by atoms with Crippen LogP contribution in [0.3, 0.4) is 0 Å². The molecule has 40 heavy (non-hydrogen) atoms. The van der Waals surface area contributed by atoms with Gasteiger partial charge in [0.25, 0.3) is 0 Å². The van der Waals surface area contributed by atoms with Crippen molar-refractivity contribution >= 4 is 21.6 Å². The number of aryl methyl sites for hydroxylation is 2. The Hall–Kier alpha value is -3.82. The SMILES string of the molecule is Cn1ccnc1CN(C(=O)CC(C)(C)c1ccccc1)c1ccc2c(c1)[C@@H](NS(=O)(=O)c1cccc(F)c1)CC2. The lowest BCUT2D eigenvalue weighted by Gasteiger charge is -2.30. The maximum atomic E-state index is 13.9. The van der Waals surface area contributed by atoms with Gasteiger partial charge in [-0.1, -0.05) is 56.3 Å². The zero-order chi connectivity index (χ0) is 28.5. The van der Waals surface area contributed by atoms with Gasteiger partial charge in [-0.25, -0.2) is 22.5 Å². The second-order valence-corrected chi connectivity index (χ2v) is 12.6. The number of imidazole rings is 1. The summed E-state index contributed by atoms with van der Waals surface area (Å²) < 4.78 is 44.5. The molecule has 0 spiro atoms. The molecule has 0 saturated carbocycles. The molecule has 0 aliphatic heterocycles. The number of anilines is 1. The Labute approximate surface area is 234 Å². The highest BCUT2D eigenvalue weighted by molar-refractivity contribution is 7.89. The predicted octanol–water partition coefficient (Wildman–Crippen LogP) is 5.43. The highest BCUT2D eigenvalue weighted by Crippen LogP contribution is 2.36. The Morgan fingerprint density at radius 2 is 1.88 bits per heavy atom. The van der Waals surface area contributed by atoms with Crippen LogP contribution in [0.15, 0.2) is 90.1 Å². The molecule has 0 unspecified atom stereocenters. The molecular weight excluding hydrogens is 527 g/mol. The number of carbonyl (C=O) groups excluding carboxylic acids is 1. The topological polar surface area (TPSA) is 84.3 Å². The average Bonchev–Trinajstić information content (AvgIpc) is 3.52. The molecule has 0 radical (unpaired) electrons. The van der Waals surface area contributed by atoms with Crippen LogP contribution in [0.25, 0.3) is 0 Å². The Bertz CT molecular complexity index is 1630. The fourth-order valence-electron chi connectivity index (χ4n) is 5.25. The van der Waals surface area contributed by atoms with Gasteiger partial charge in [0.15, 0.2) is 0 Å². The number of hydrogen-bond acceptors (Lipinski definition) is 4. The van der Waals surface area contributed by atoms with E-state index >= 15 is 0 Å². The fraction of sp³-hybridized carbons (Fsp3) is 0.290. The first kappa shape index (κ1) is 27.7. The van der Waals surface area contributed by atoms with E-state index in [1.54, 1.807) is 11.1 Å². The molecule has 1 N–H and O–H groups in total. The van der Waals surface area contributed by atoms with Crippen molar-refractivity contribution in [3.8, 4) is 0 Å². The van der Waals surface area contributed by atoms with Crippen molar-refractivity contribution in [3.63, 3.8) is 0 Å². The van der Waals surface area contributed by atoms with Crippen LogP contribution in [-0.2, 0) is 40.2 Å². The van der Waals surface area contributed by atoms with Crippen LogP contribution in [0.5, 0.6) is 0 Å². The van der Waals surface area contributed by atoms with E-state index in [0.717, 1.165) is 28.6 Å². The number of amides is 1. The van der Waals surface area contributed by atoms with Gasteiger partial charge in [-0.2, -0.15) is 0 Å². The van der Waals surface area contributed by atoms with Gasteiger partial charge in [-0.15, -0.1) is 0 Å². The maximum absolute atomic E-state index is 13.9. The molecule has 208 valence electrons. The molecule has 0 saturated heterocycles. The second-order valence-electron chi connectivity index (χ2n) is 10.9. The lowest BCUT2D eigenvalue weighted by atomic mass is 9.81. The van der Waals surface area contributed by atoms with Gasteiger partial charge in [0.2, 0.25) is 15.9 Å². The molecule has 7 nitrogen and oxygen atoms in total. The predicted molar refractivity (Wildman–Crippen MR) is 153 cm³/mol. The van der Waals surface area contributed by atoms with E-state index in [1.165, 1.54) is 18.2 Å². The minimum Gasteiger partial charge on any atom is -0.337 e. The van der Waals surface area contributed by atoms with Crippen LogP contribution >= 0.6 is 0 Å². The summed E-state index contributed by atoms with van der Waals surface area (Å²) in [6.07, 6.45) is 5.08. The van der Waals surface area contributed by atoms with Gasteiger partial charge >= 0.3 is 0 Å². The standard InChI is InChI=1S/C31H33FN4O3S/c1-31(2,23-8-5-4-6-9-23)20-30(37)36(21-29-33-16-17-35(29)3)25-14-12-22-13-15-28(27(22)19-25)34-40(38,39)26-11-7-10-24(32)18-26/h4-12,14,16-19,28,34H,13,15,20-21H2,1-3H3/t28-/m0/s1. The highest BCUT2D eigenvalue weighted by atomic mass is 32.2. The molecule has 1 aliphatic carbocycles. The van der Waals surface area contributed by atoms with E-state index in [1.807, 2.05) is 66.3 Å². The molecule has 1 amide bonds. The van der Waals surface area contributed by atoms with E-state index < -0.39 is 27.3 Å². The molecule has 3 aromatic carbocycles. The van der Waals surface area contributed by atoms with Gasteiger partial charge in [0.1, 0.15) is 11.6 Å². The number of benzene rings is 3. The third kappa shape index (κ3) is 5.85. The van der Waals surface area contributed by atoms with Gasteiger partial charge in [0.05, 0.1) is 11.4 Å². The largest absolute Gasteiger partial charge is 0.337 e. The number of hydrogen-bond donors (Lipinski definition) is 1. The molecule has 1 atom stereocenters. The number of nitrogens with zero attached hydrogens (tertiary/aromatic N) is 3. The summed E-state index contributed by atoms with van der Waals surface area (Å²) >= 11 is 0. The van der Waals surface area contributed by atoms with E-state index in [4.69, 9.17) is 0 Å². The first-order chi connectivity index (χ1) is 19.0. The molecule has 0 bridgehead atoms. The minimum absolute atomic E-state index is 0.0632. The lowest BCUT2D eigenvalue weighted by molar-refractivity contribution is -0.119. The number of nitrogens with one attached hydrogen (secondary N) is 1. The van der Waals surface area contributed by atoms with Crippen LogP contribution < -0.4 is 9.62 Å². The van der Waals surface area contributed by atoms with Gasteiger partial charge < -0.3 is 9.47 Å². The first-order valence-electron chi connectivity index (χ1n) is 13.3. The summed E-state index contributed by atoms with van der Waals surface area (Å²) in [7, 11) is -2.06.